The molecule has 0 bridgehead atoms. The van der Waals surface area contributed by atoms with E-state index in [0.717, 1.165) is 19.3 Å². The Morgan fingerprint density at radius 2 is 1.78 bits per heavy atom. The molecule has 0 aromatic rings. The van der Waals surface area contributed by atoms with Crippen LogP contribution >= 0.6 is 0 Å². The van der Waals surface area contributed by atoms with Gasteiger partial charge in [-0.1, -0.05) is 38.3 Å². The number of aliphatic carboxylic acids is 1. The van der Waals surface area contributed by atoms with E-state index in [4.69, 9.17) is 14.6 Å². The first-order valence-electron chi connectivity index (χ1n) is 8.24. The van der Waals surface area contributed by atoms with Crippen molar-refractivity contribution in [2.45, 2.75) is 64.4 Å². The molecule has 0 aromatic heterocycles. The molecule has 0 radical (unpaired) electrons. The van der Waals surface area contributed by atoms with Gasteiger partial charge in [0, 0.05) is 12.0 Å². The number of unbranched alkanes of at least 4 members (excludes halogenated alkanes) is 6. The first kappa shape index (κ1) is 21.4. The van der Waals surface area contributed by atoms with Gasteiger partial charge in [0.2, 0.25) is 0 Å². The number of carbonyl (C=O) groups excluding carboxylic acids is 1. The molecular weight excluding hydrogens is 296 g/mol. The van der Waals surface area contributed by atoms with Gasteiger partial charge in [0.05, 0.1) is 6.61 Å². The van der Waals surface area contributed by atoms with Crippen molar-refractivity contribution in [2.24, 2.45) is 0 Å². The number of allylic oxidation sites excluding steroid dienone is 1. The van der Waals surface area contributed by atoms with Crippen molar-refractivity contribution in [1.82, 2.24) is 0 Å². The lowest BCUT2D eigenvalue weighted by Gasteiger charge is -1.99. The van der Waals surface area contributed by atoms with Crippen LogP contribution in [0, 0.1) is 0 Å². The van der Waals surface area contributed by atoms with E-state index in [1.807, 2.05) is 6.08 Å². The van der Waals surface area contributed by atoms with Crippen molar-refractivity contribution < 1.29 is 24.2 Å². The van der Waals surface area contributed by atoms with Crippen LogP contribution in [-0.4, -0.2) is 36.4 Å². The average molecular weight is 326 g/mol. The van der Waals surface area contributed by atoms with E-state index >= 15 is 0 Å². The second-order valence-corrected chi connectivity index (χ2v) is 5.68. The molecule has 0 aromatic carbocycles. The van der Waals surface area contributed by atoms with Gasteiger partial charge in [0.25, 0.3) is 0 Å². The van der Waals surface area contributed by atoms with Crippen molar-refractivity contribution in [3.8, 4) is 0 Å². The summed E-state index contributed by atoms with van der Waals surface area (Å²) >= 11 is 0. The highest BCUT2D eigenvalue weighted by Crippen LogP contribution is 2.09. The van der Waals surface area contributed by atoms with E-state index in [2.05, 4.69) is 13.2 Å². The highest BCUT2D eigenvalue weighted by Gasteiger charge is 2.24. The molecule has 1 rings (SSSR count). The van der Waals surface area contributed by atoms with Crippen LogP contribution in [0.15, 0.2) is 24.8 Å². The molecule has 23 heavy (non-hydrogen) atoms. The molecule has 1 saturated heterocycles. The number of carboxylic acid groups (broad SMARTS) is 1. The van der Waals surface area contributed by atoms with Crippen molar-refractivity contribution in [1.29, 1.82) is 0 Å². The molecule has 0 aliphatic carbocycles. The number of carbonyl (C=O) groups is 2. The van der Waals surface area contributed by atoms with Crippen LogP contribution in [0.2, 0.25) is 0 Å². The molecule has 0 amide bonds. The van der Waals surface area contributed by atoms with Gasteiger partial charge in [0.1, 0.15) is 12.7 Å². The topological polar surface area (TPSA) is 76.1 Å². The second kappa shape index (κ2) is 14.0. The second-order valence-electron chi connectivity index (χ2n) is 5.68. The number of esters is 1. The van der Waals surface area contributed by atoms with Gasteiger partial charge >= 0.3 is 11.9 Å². The standard InChI is InChI=1S/C11H20O2.C7H10O3/c1-2-3-4-5-6-7-8-9-10-11(12)13;1-5(2)7(8)10-4-6-3-9-6/h2H,1,3-10H2,(H,12,13);6H,1,3-4H2,2H3. The molecule has 1 N–H and O–H groups in total. The van der Waals surface area contributed by atoms with Crippen molar-refractivity contribution in [2.75, 3.05) is 13.2 Å². The molecule has 5 nitrogen and oxygen atoms in total. The van der Waals surface area contributed by atoms with Gasteiger partial charge in [0.15, 0.2) is 0 Å². The minimum Gasteiger partial charge on any atom is -0.481 e. The third-order valence-electron chi connectivity index (χ3n) is 3.20. The third kappa shape index (κ3) is 16.6. The van der Waals surface area contributed by atoms with E-state index in [9.17, 15) is 9.59 Å². The van der Waals surface area contributed by atoms with Crippen LogP contribution in [0.25, 0.3) is 0 Å². The fraction of sp³-hybridized carbons (Fsp3) is 0.667. The summed E-state index contributed by atoms with van der Waals surface area (Å²) in [6, 6.07) is 0. The number of hydrogen-bond acceptors (Lipinski definition) is 4. The van der Waals surface area contributed by atoms with Crippen molar-refractivity contribution in [3.63, 3.8) is 0 Å². The fourth-order valence-electron chi connectivity index (χ4n) is 1.73. The Balaban J connectivity index is 0.000000433. The molecule has 1 fully saturated rings. The zero-order valence-corrected chi connectivity index (χ0v) is 14.2. The van der Waals surface area contributed by atoms with Gasteiger partial charge in [-0.2, -0.15) is 0 Å². The Labute approximate surface area is 139 Å². The Morgan fingerprint density at radius 3 is 2.26 bits per heavy atom. The first-order chi connectivity index (χ1) is 11.0. The zero-order chi connectivity index (χ0) is 17.5. The maximum Gasteiger partial charge on any atom is 0.333 e. The summed E-state index contributed by atoms with van der Waals surface area (Å²) in [7, 11) is 0. The smallest absolute Gasteiger partial charge is 0.333 e. The van der Waals surface area contributed by atoms with Gasteiger partial charge in [-0.3, -0.25) is 4.79 Å². The number of rotatable bonds is 12. The van der Waals surface area contributed by atoms with Gasteiger partial charge in [-0.15, -0.1) is 6.58 Å². The predicted octanol–water partition coefficient (Wildman–Crippen LogP) is 3.88. The van der Waals surface area contributed by atoms with E-state index in [1.165, 1.54) is 25.7 Å². The summed E-state index contributed by atoms with van der Waals surface area (Å²) in [5.74, 6) is -1.01. The lowest BCUT2D eigenvalue weighted by molar-refractivity contribution is -0.139. The minimum absolute atomic E-state index is 0.142. The lowest BCUT2D eigenvalue weighted by atomic mass is 10.1. The summed E-state index contributed by atoms with van der Waals surface area (Å²) in [6.45, 7) is 9.80. The van der Waals surface area contributed by atoms with E-state index in [0.29, 0.717) is 25.2 Å². The predicted molar refractivity (Wildman–Crippen MR) is 90.3 cm³/mol. The number of ether oxygens (including phenoxy) is 2. The third-order valence-corrected chi connectivity index (χ3v) is 3.20. The average Bonchev–Trinajstić information content (AvgIpc) is 3.32. The molecule has 1 unspecified atom stereocenters. The number of epoxide rings is 1. The first-order valence-corrected chi connectivity index (χ1v) is 8.24. The van der Waals surface area contributed by atoms with Crippen LogP contribution in [0.5, 0.6) is 0 Å². The Bertz CT molecular complexity index is 372. The summed E-state index contributed by atoms with van der Waals surface area (Å²) in [4.78, 5) is 20.9. The fourth-order valence-corrected chi connectivity index (χ4v) is 1.73. The highest BCUT2D eigenvalue weighted by atomic mass is 16.6. The molecular formula is C18H30O5. The van der Waals surface area contributed by atoms with Crippen molar-refractivity contribution >= 4 is 11.9 Å². The quantitative estimate of drug-likeness (QED) is 0.194. The van der Waals surface area contributed by atoms with Crippen LogP contribution < -0.4 is 0 Å². The molecule has 0 saturated carbocycles. The monoisotopic (exact) mass is 326 g/mol. The molecule has 0 spiro atoms. The summed E-state index contributed by atoms with van der Waals surface area (Å²) < 4.78 is 9.60. The molecule has 1 aliphatic heterocycles. The summed E-state index contributed by atoms with van der Waals surface area (Å²) in [6.07, 6.45) is 10.3. The van der Waals surface area contributed by atoms with E-state index < -0.39 is 5.97 Å². The maximum absolute atomic E-state index is 10.7. The maximum atomic E-state index is 10.7. The minimum atomic E-state index is -0.674. The Morgan fingerprint density at radius 1 is 1.22 bits per heavy atom. The number of carboxylic acids is 1. The van der Waals surface area contributed by atoms with Crippen molar-refractivity contribution in [3.05, 3.63) is 24.8 Å². The largest absolute Gasteiger partial charge is 0.481 e. The van der Waals surface area contributed by atoms with Gasteiger partial charge in [-0.05, 0) is 26.2 Å². The van der Waals surface area contributed by atoms with Gasteiger partial charge in [-0.25, -0.2) is 4.79 Å². The summed E-state index contributed by atoms with van der Waals surface area (Å²) in [5, 5.41) is 8.38. The molecule has 1 atom stereocenters. The van der Waals surface area contributed by atoms with Crippen LogP contribution in [0.1, 0.15) is 58.3 Å². The molecule has 5 heteroatoms. The van der Waals surface area contributed by atoms with Crippen LogP contribution in [0.4, 0.5) is 0 Å². The van der Waals surface area contributed by atoms with E-state index in [1.54, 1.807) is 6.92 Å². The Kier molecular flexibility index (Phi) is 13.0. The van der Waals surface area contributed by atoms with E-state index in [-0.39, 0.29) is 12.1 Å². The number of hydrogen-bond donors (Lipinski definition) is 1. The lowest BCUT2D eigenvalue weighted by Crippen LogP contribution is -2.09. The van der Waals surface area contributed by atoms with Gasteiger partial charge < -0.3 is 14.6 Å². The SMILES string of the molecule is C=C(C)C(=O)OCC1CO1.C=CCCCCCCCCC(=O)O. The molecule has 1 heterocycles. The normalized spacial score (nSPS) is 15.1. The zero-order valence-electron chi connectivity index (χ0n) is 14.2. The summed E-state index contributed by atoms with van der Waals surface area (Å²) in [5.41, 5.74) is 0.431. The van der Waals surface area contributed by atoms with Crippen LogP contribution in [0.3, 0.4) is 0 Å². The Hall–Kier alpha value is -1.62. The van der Waals surface area contributed by atoms with Crippen LogP contribution in [-0.2, 0) is 19.1 Å². The highest BCUT2D eigenvalue weighted by molar-refractivity contribution is 5.86. The molecule has 1 aliphatic rings. The molecule has 132 valence electrons.